The average Bonchev–Trinajstić information content (AvgIpc) is 2.93. The van der Waals surface area contributed by atoms with Gasteiger partial charge in [-0.25, -0.2) is 4.98 Å². The number of carbonyl (C=O) groups is 2. The van der Waals surface area contributed by atoms with E-state index >= 15 is 0 Å². The van der Waals surface area contributed by atoms with Gasteiger partial charge < -0.3 is 9.64 Å². The molecule has 2 aromatic rings. The molecule has 130 valence electrons. The molecule has 2 heterocycles. The van der Waals surface area contributed by atoms with Crippen LogP contribution in [0.1, 0.15) is 48.9 Å². The van der Waals surface area contributed by atoms with Gasteiger partial charge in [0.25, 0.3) is 5.91 Å². The third-order valence-corrected chi connectivity index (χ3v) is 3.94. The Morgan fingerprint density at radius 3 is 2.62 bits per heavy atom. The van der Waals surface area contributed by atoms with E-state index in [1.807, 2.05) is 43.5 Å². The number of rotatable bonds is 7. The molecular weight excluding hydrogens is 306 g/mol. The molecule has 6 nitrogen and oxygen atoms in total. The van der Waals surface area contributed by atoms with E-state index in [9.17, 15) is 9.59 Å². The minimum atomic E-state index is -0.284. The van der Waals surface area contributed by atoms with E-state index < -0.39 is 0 Å². The fourth-order valence-electron chi connectivity index (χ4n) is 2.68. The molecule has 6 heteroatoms. The lowest BCUT2D eigenvalue weighted by atomic mass is 10.2. The molecule has 0 aliphatic rings. The molecule has 0 unspecified atom stereocenters. The van der Waals surface area contributed by atoms with Crippen molar-refractivity contribution in [2.24, 2.45) is 0 Å². The second-order valence-corrected chi connectivity index (χ2v) is 5.64. The van der Waals surface area contributed by atoms with E-state index in [1.165, 1.54) is 0 Å². The molecule has 0 fully saturated rings. The van der Waals surface area contributed by atoms with Crippen LogP contribution in [-0.4, -0.2) is 45.9 Å². The first-order valence-electron chi connectivity index (χ1n) is 8.44. The van der Waals surface area contributed by atoms with Crippen LogP contribution in [0.4, 0.5) is 0 Å². The molecular formula is C18H25N3O3. The highest BCUT2D eigenvalue weighted by Gasteiger charge is 2.23. The molecule has 24 heavy (non-hydrogen) atoms. The lowest BCUT2D eigenvalue weighted by Crippen LogP contribution is -2.34. The Labute approximate surface area is 142 Å². The Kier molecular flexibility index (Phi) is 5.95. The van der Waals surface area contributed by atoms with Gasteiger partial charge in [-0.15, -0.1) is 0 Å². The van der Waals surface area contributed by atoms with Crippen LogP contribution in [0.15, 0.2) is 18.3 Å². The van der Waals surface area contributed by atoms with Crippen molar-refractivity contribution in [1.82, 2.24) is 14.3 Å². The van der Waals surface area contributed by atoms with Crippen molar-refractivity contribution in [3.05, 3.63) is 35.3 Å². The number of aromatic nitrogens is 2. The zero-order valence-corrected chi connectivity index (χ0v) is 14.8. The van der Waals surface area contributed by atoms with Crippen LogP contribution in [-0.2, 0) is 16.0 Å². The Morgan fingerprint density at radius 2 is 2.00 bits per heavy atom. The third kappa shape index (κ3) is 3.75. The lowest BCUT2D eigenvalue weighted by molar-refractivity contribution is -0.143. The number of imidazole rings is 1. The number of fused-ring (bicyclic) bond motifs is 1. The van der Waals surface area contributed by atoms with E-state index in [-0.39, 0.29) is 18.3 Å². The molecule has 2 rings (SSSR count). The summed E-state index contributed by atoms with van der Waals surface area (Å²) < 4.78 is 6.79. The fraction of sp³-hybridized carbons (Fsp3) is 0.500. The van der Waals surface area contributed by atoms with Crippen molar-refractivity contribution >= 4 is 17.5 Å². The van der Waals surface area contributed by atoms with E-state index in [0.29, 0.717) is 31.8 Å². The summed E-state index contributed by atoms with van der Waals surface area (Å²) in [7, 11) is 0. The van der Waals surface area contributed by atoms with Crippen LogP contribution in [0.2, 0.25) is 0 Å². The highest BCUT2D eigenvalue weighted by molar-refractivity contribution is 5.95. The zero-order valence-electron chi connectivity index (χ0n) is 14.8. The summed E-state index contributed by atoms with van der Waals surface area (Å²) >= 11 is 0. The van der Waals surface area contributed by atoms with E-state index in [1.54, 1.807) is 11.8 Å². The van der Waals surface area contributed by atoms with Gasteiger partial charge in [-0.05, 0) is 38.8 Å². The molecule has 0 saturated heterocycles. The summed E-state index contributed by atoms with van der Waals surface area (Å²) in [6.45, 7) is 8.87. The highest BCUT2D eigenvalue weighted by atomic mass is 16.5. The summed E-state index contributed by atoms with van der Waals surface area (Å²) in [6, 6.07) is 3.90. The number of pyridine rings is 1. The van der Waals surface area contributed by atoms with Crippen LogP contribution in [0.25, 0.3) is 5.65 Å². The van der Waals surface area contributed by atoms with Crippen molar-refractivity contribution in [2.45, 2.75) is 40.5 Å². The van der Waals surface area contributed by atoms with Gasteiger partial charge in [0.05, 0.1) is 18.7 Å². The van der Waals surface area contributed by atoms with Crippen LogP contribution in [0.3, 0.4) is 0 Å². The quantitative estimate of drug-likeness (QED) is 0.732. The molecule has 0 saturated carbocycles. The van der Waals surface area contributed by atoms with Gasteiger partial charge >= 0.3 is 5.97 Å². The van der Waals surface area contributed by atoms with Gasteiger partial charge in [-0.1, -0.05) is 13.0 Å². The van der Waals surface area contributed by atoms with Crippen molar-refractivity contribution in [3.63, 3.8) is 0 Å². The number of esters is 1. The minimum Gasteiger partial charge on any atom is -0.466 e. The smallest absolute Gasteiger partial charge is 0.307 e. The highest BCUT2D eigenvalue weighted by Crippen LogP contribution is 2.17. The first kappa shape index (κ1) is 18.0. The monoisotopic (exact) mass is 331 g/mol. The second-order valence-electron chi connectivity index (χ2n) is 5.64. The third-order valence-electron chi connectivity index (χ3n) is 3.94. The Hall–Kier alpha value is -2.37. The van der Waals surface area contributed by atoms with E-state index in [2.05, 4.69) is 4.98 Å². The van der Waals surface area contributed by atoms with Crippen LogP contribution < -0.4 is 0 Å². The predicted octanol–water partition coefficient (Wildman–Crippen LogP) is 2.62. The van der Waals surface area contributed by atoms with Gasteiger partial charge in [0, 0.05) is 19.3 Å². The Balaban J connectivity index is 2.31. The summed E-state index contributed by atoms with van der Waals surface area (Å²) in [5.41, 5.74) is 3.19. The molecule has 0 radical (unpaired) electrons. The lowest BCUT2D eigenvalue weighted by Gasteiger charge is -2.20. The topological polar surface area (TPSA) is 63.9 Å². The maximum absolute atomic E-state index is 13.0. The number of carbonyl (C=O) groups excluding carboxylic acids is 2. The molecule has 0 N–H and O–H groups in total. The number of hydrogen-bond donors (Lipinski definition) is 0. The maximum Gasteiger partial charge on any atom is 0.307 e. The average molecular weight is 331 g/mol. The molecule has 0 atom stereocenters. The Bertz CT molecular complexity index is 736. The molecule has 0 bridgehead atoms. The van der Waals surface area contributed by atoms with Gasteiger partial charge in [0.2, 0.25) is 0 Å². The van der Waals surface area contributed by atoms with Crippen LogP contribution in [0.5, 0.6) is 0 Å². The largest absolute Gasteiger partial charge is 0.466 e. The maximum atomic E-state index is 13.0. The standard InChI is InChI=1S/C18H25N3O3/c1-5-14-17(21-12-13(4)8-9-15(21)19-14)18(23)20(6-2)11-10-16(22)24-7-3/h8-9,12H,5-7,10-11H2,1-4H3. The number of amides is 1. The van der Waals surface area contributed by atoms with Crippen molar-refractivity contribution < 1.29 is 14.3 Å². The predicted molar refractivity (Wildman–Crippen MR) is 92.1 cm³/mol. The summed E-state index contributed by atoms with van der Waals surface area (Å²) in [5.74, 6) is -0.384. The second kappa shape index (κ2) is 7.95. The first-order chi connectivity index (χ1) is 11.5. The zero-order chi connectivity index (χ0) is 17.7. The van der Waals surface area contributed by atoms with Crippen LogP contribution in [0, 0.1) is 6.92 Å². The van der Waals surface area contributed by atoms with Gasteiger partial charge in [0.1, 0.15) is 11.3 Å². The van der Waals surface area contributed by atoms with E-state index in [4.69, 9.17) is 4.74 Å². The normalized spacial score (nSPS) is 10.8. The molecule has 1 amide bonds. The minimum absolute atomic E-state index is 0.100. The number of ether oxygens (including phenoxy) is 1. The number of hydrogen-bond acceptors (Lipinski definition) is 4. The van der Waals surface area contributed by atoms with Gasteiger partial charge in [-0.3, -0.25) is 14.0 Å². The fourth-order valence-corrected chi connectivity index (χ4v) is 2.68. The molecule has 0 aromatic carbocycles. The number of aryl methyl sites for hydroxylation is 2. The Morgan fingerprint density at radius 1 is 1.25 bits per heavy atom. The molecule has 0 aliphatic carbocycles. The first-order valence-corrected chi connectivity index (χ1v) is 8.44. The molecule has 0 aliphatic heterocycles. The summed E-state index contributed by atoms with van der Waals surface area (Å²) in [6.07, 6.45) is 2.80. The molecule has 0 spiro atoms. The van der Waals surface area contributed by atoms with Crippen molar-refractivity contribution in [1.29, 1.82) is 0 Å². The molecule has 2 aromatic heterocycles. The SMILES string of the molecule is CCOC(=O)CCN(CC)C(=O)c1c(CC)nc2ccc(C)cn12. The van der Waals surface area contributed by atoms with E-state index in [0.717, 1.165) is 16.9 Å². The van der Waals surface area contributed by atoms with Crippen molar-refractivity contribution in [3.8, 4) is 0 Å². The van der Waals surface area contributed by atoms with Gasteiger partial charge in [0.15, 0.2) is 0 Å². The van der Waals surface area contributed by atoms with Crippen molar-refractivity contribution in [2.75, 3.05) is 19.7 Å². The van der Waals surface area contributed by atoms with Crippen LogP contribution >= 0.6 is 0 Å². The summed E-state index contributed by atoms with van der Waals surface area (Å²) in [5, 5.41) is 0. The van der Waals surface area contributed by atoms with Gasteiger partial charge in [-0.2, -0.15) is 0 Å². The number of nitrogens with zero attached hydrogens (tertiary/aromatic N) is 3. The summed E-state index contributed by atoms with van der Waals surface area (Å²) in [4.78, 5) is 30.8.